The Hall–Kier alpha value is -1.06. The summed E-state index contributed by atoms with van der Waals surface area (Å²) in [6, 6.07) is 0. The molecule has 0 aromatic rings. The van der Waals surface area contributed by atoms with Gasteiger partial charge in [-0.05, 0) is 19.3 Å². The summed E-state index contributed by atoms with van der Waals surface area (Å²) >= 11 is 0. The highest BCUT2D eigenvalue weighted by Gasteiger charge is 2.39. The molecule has 0 bridgehead atoms. The largest absolute Gasteiger partial charge is 0.462 e. The Balaban J connectivity index is 2.29. The van der Waals surface area contributed by atoms with Crippen LogP contribution in [0.25, 0.3) is 0 Å². The second-order valence-corrected chi connectivity index (χ2v) is 8.52. The van der Waals surface area contributed by atoms with E-state index in [2.05, 4.69) is 13.8 Å². The molecule has 4 heteroatoms. The van der Waals surface area contributed by atoms with Crippen LogP contribution in [0.5, 0.6) is 0 Å². The standard InChI is InChI=1S/C24H44O4/c1-4-6-8-10-11-12-13-14-15-17-21-19-23(27-20(3)25)22(24(26)28-21)18-16-9-7-5-2/h21-23H,4-19H2,1-3H3/t21-,22+,23+/m1/s1. The molecule has 0 aromatic heterocycles. The van der Waals surface area contributed by atoms with Crippen LogP contribution in [0.1, 0.15) is 124 Å². The Labute approximate surface area is 173 Å². The summed E-state index contributed by atoms with van der Waals surface area (Å²) < 4.78 is 11.2. The second kappa shape index (κ2) is 15.8. The number of carbonyl (C=O) groups excluding carboxylic acids is 2. The van der Waals surface area contributed by atoms with Crippen molar-refractivity contribution in [2.24, 2.45) is 5.92 Å². The first-order valence-corrected chi connectivity index (χ1v) is 12.0. The van der Waals surface area contributed by atoms with Gasteiger partial charge < -0.3 is 9.47 Å². The first kappa shape index (κ1) is 25.0. The summed E-state index contributed by atoms with van der Waals surface area (Å²) in [6.07, 6.45) is 18.0. The van der Waals surface area contributed by atoms with Gasteiger partial charge in [0.2, 0.25) is 0 Å². The fourth-order valence-electron chi connectivity index (χ4n) is 4.17. The molecule has 3 atom stereocenters. The summed E-state index contributed by atoms with van der Waals surface area (Å²) in [5, 5.41) is 0. The fraction of sp³-hybridized carbons (Fsp3) is 0.917. The van der Waals surface area contributed by atoms with E-state index in [0.29, 0.717) is 6.42 Å². The average Bonchev–Trinajstić information content (AvgIpc) is 2.65. The molecule has 1 aliphatic rings. The highest BCUT2D eigenvalue weighted by atomic mass is 16.6. The van der Waals surface area contributed by atoms with Crippen molar-refractivity contribution in [1.29, 1.82) is 0 Å². The molecule has 0 spiro atoms. The van der Waals surface area contributed by atoms with Gasteiger partial charge in [-0.15, -0.1) is 0 Å². The van der Waals surface area contributed by atoms with Gasteiger partial charge in [-0.2, -0.15) is 0 Å². The van der Waals surface area contributed by atoms with Gasteiger partial charge in [0.15, 0.2) is 0 Å². The van der Waals surface area contributed by atoms with Gasteiger partial charge in [0.25, 0.3) is 0 Å². The SMILES string of the molecule is CCCCCCCCCCC[C@@H]1C[C@H](OC(C)=O)[C@H](CCCCCC)C(=O)O1. The highest BCUT2D eigenvalue weighted by Crippen LogP contribution is 2.30. The first-order chi connectivity index (χ1) is 13.6. The quantitative estimate of drug-likeness (QED) is 0.214. The van der Waals surface area contributed by atoms with Crippen LogP contribution in [-0.2, 0) is 19.1 Å². The summed E-state index contributed by atoms with van der Waals surface area (Å²) in [5.41, 5.74) is 0. The minimum absolute atomic E-state index is 0.0895. The molecular weight excluding hydrogens is 352 g/mol. The lowest BCUT2D eigenvalue weighted by molar-refractivity contribution is -0.179. The van der Waals surface area contributed by atoms with Crippen molar-refractivity contribution < 1.29 is 19.1 Å². The van der Waals surface area contributed by atoms with Gasteiger partial charge >= 0.3 is 11.9 Å². The van der Waals surface area contributed by atoms with E-state index in [1.807, 2.05) is 0 Å². The number of ether oxygens (including phenoxy) is 2. The molecule has 1 heterocycles. The lowest BCUT2D eigenvalue weighted by Crippen LogP contribution is -2.43. The van der Waals surface area contributed by atoms with Gasteiger partial charge in [-0.1, -0.05) is 90.9 Å². The maximum atomic E-state index is 12.5. The van der Waals surface area contributed by atoms with E-state index < -0.39 is 0 Å². The van der Waals surface area contributed by atoms with Gasteiger partial charge in [0.1, 0.15) is 12.2 Å². The number of rotatable bonds is 16. The van der Waals surface area contributed by atoms with Crippen LogP contribution in [-0.4, -0.2) is 24.1 Å². The van der Waals surface area contributed by atoms with Gasteiger partial charge in [0.05, 0.1) is 5.92 Å². The molecule has 0 N–H and O–H groups in total. The van der Waals surface area contributed by atoms with E-state index in [9.17, 15) is 9.59 Å². The number of hydrogen-bond acceptors (Lipinski definition) is 4. The van der Waals surface area contributed by atoms with E-state index in [1.165, 1.54) is 71.1 Å². The van der Waals surface area contributed by atoms with E-state index in [4.69, 9.17) is 9.47 Å². The predicted octanol–water partition coefficient (Wildman–Crippen LogP) is 6.74. The van der Waals surface area contributed by atoms with Crippen molar-refractivity contribution in [3.8, 4) is 0 Å². The third-order valence-corrected chi connectivity index (χ3v) is 5.85. The van der Waals surface area contributed by atoms with Crippen molar-refractivity contribution in [1.82, 2.24) is 0 Å². The molecule has 1 fully saturated rings. The Morgan fingerprint density at radius 3 is 1.93 bits per heavy atom. The number of unbranched alkanes of at least 4 members (excludes halogenated alkanes) is 11. The van der Waals surface area contributed by atoms with Crippen LogP contribution in [0.15, 0.2) is 0 Å². The predicted molar refractivity (Wildman–Crippen MR) is 114 cm³/mol. The zero-order chi connectivity index (χ0) is 20.6. The molecule has 4 nitrogen and oxygen atoms in total. The molecule has 0 radical (unpaired) electrons. The van der Waals surface area contributed by atoms with Crippen LogP contribution < -0.4 is 0 Å². The van der Waals surface area contributed by atoms with Crippen LogP contribution in [0, 0.1) is 5.92 Å². The highest BCUT2D eigenvalue weighted by molar-refractivity contribution is 5.75. The lowest BCUT2D eigenvalue weighted by Gasteiger charge is -2.34. The van der Waals surface area contributed by atoms with E-state index in [-0.39, 0.29) is 30.1 Å². The molecule has 0 unspecified atom stereocenters. The third kappa shape index (κ3) is 11.1. The summed E-state index contributed by atoms with van der Waals surface area (Å²) in [5.74, 6) is -0.727. The van der Waals surface area contributed by atoms with Crippen LogP contribution in [0.3, 0.4) is 0 Å². The van der Waals surface area contributed by atoms with E-state index in [1.54, 1.807) is 0 Å². The van der Waals surface area contributed by atoms with Crippen LogP contribution in [0.4, 0.5) is 0 Å². The molecule has 1 aliphatic heterocycles. The lowest BCUT2D eigenvalue weighted by atomic mass is 9.88. The number of esters is 2. The minimum atomic E-state index is -0.302. The smallest absolute Gasteiger partial charge is 0.312 e. The molecule has 164 valence electrons. The van der Waals surface area contributed by atoms with Crippen molar-refractivity contribution in [3.63, 3.8) is 0 Å². The van der Waals surface area contributed by atoms with Gasteiger partial charge in [-0.3, -0.25) is 9.59 Å². The maximum absolute atomic E-state index is 12.5. The summed E-state index contributed by atoms with van der Waals surface area (Å²) in [6.45, 7) is 5.86. The summed E-state index contributed by atoms with van der Waals surface area (Å²) in [7, 11) is 0. The Kier molecular flexibility index (Phi) is 14.1. The van der Waals surface area contributed by atoms with Crippen LogP contribution >= 0.6 is 0 Å². The number of cyclic esters (lactones) is 1. The molecule has 0 amide bonds. The summed E-state index contributed by atoms with van der Waals surface area (Å²) in [4.78, 5) is 24.0. The number of hydrogen-bond donors (Lipinski definition) is 0. The second-order valence-electron chi connectivity index (χ2n) is 8.52. The average molecular weight is 397 g/mol. The third-order valence-electron chi connectivity index (χ3n) is 5.85. The Morgan fingerprint density at radius 2 is 1.36 bits per heavy atom. The molecular formula is C24H44O4. The zero-order valence-electron chi connectivity index (χ0n) is 18.7. The zero-order valence-corrected chi connectivity index (χ0v) is 18.7. The van der Waals surface area contributed by atoms with E-state index >= 15 is 0 Å². The van der Waals surface area contributed by atoms with E-state index in [0.717, 1.165) is 32.1 Å². The normalized spacial score (nSPS) is 22.1. The van der Waals surface area contributed by atoms with Gasteiger partial charge in [0, 0.05) is 13.3 Å². The Morgan fingerprint density at radius 1 is 0.857 bits per heavy atom. The van der Waals surface area contributed by atoms with Crippen molar-refractivity contribution in [2.75, 3.05) is 0 Å². The fourth-order valence-corrected chi connectivity index (χ4v) is 4.17. The minimum Gasteiger partial charge on any atom is -0.462 e. The number of carbonyl (C=O) groups is 2. The topological polar surface area (TPSA) is 52.6 Å². The Bertz CT molecular complexity index is 421. The molecule has 0 aliphatic carbocycles. The maximum Gasteiger partial charge on any atom is 0.312 e. The molecule has 28 heavy (non-hydrogen) atoms. The molecule has 0 aromatic carbocycles. The van der Waals surface area contributed by atoms with Crippen molar-refractivity contribution >= 4 is 11.9 Å². The molecule has 0 saturated carbocycles. The van der Waals surface area contributed by atoms with Crippen LogP contribution in [0.2, 0.25) is 0 Å². The van der Waals surface area contributed by atoms with Crippen molar-refractivity contribution in [2.45, 2.75) is 136 Å². The van der Waals surface area contributed by atoms with Gasteiger partial charge in [-0.25, -0.2) is 0 Å². The first-order valence-electron chi connectivity index (χ1n) is 12.0. The molecule has 1 rings (SSSR count). The molecule has 1 saturated heterocycles. The monoisotopic (exact) mass is 396 g/mol. The van der Waals surface area contributed by atoms with Crippen molar-refractivity contribution in [3.05, 3.63) is 0 Å².